The van der Waals surface area contributed by atoms with Crippen molar-refractivity contribution in [3.63, 3.8) is 0 Å². The van der Waals surface area contributed by atoms with E-state index in [9.17, 15) is 13.6 Å². The third-order valence-corrected chi connectivity index (χ3v) is 2.37. The summed E-state index contributed by atoms with van der Waals surface area (Å²) >= 11 is 3.82. The van der Waals surface area contributed by atoms with Gasteiger partial charge in [0.2, 0.25) is 0 Å². The lowest BCUT2D eigenvalue weighted by molar-refractivity contribution is -0.136. The number of thiol groups is 1. The molecule has 1 N–H and O–H groups in total. The topological polar surface area (TPSA) is 61.1 Å². The van der Waals surface area contributed by atoms with E-state index in [0.717, 1.165) is 0 Å². The molecule has 84 valence electrons. The lowest BCUT2D eigenvalue weighted by atomic mass is 10.00. The normalized spacial score (nSPS) is 10.2. The van der Waals surface area contributed by atoms with Gasteiger partial charge in [0.25, 0.3) is 6.43 Å². The highest BCUT2D eigenvalue weighted by Crippen LogP contribution is 2.31. The Morgan fingerprint density at radius 3 is 2.62 bits per heavy atom. The van der Waals surface area contributed by atoms with E-state index in [2.05, 4.69) is 12.6 Å². The van der Waals surface area contributed by atoms with Crippen LogP contribution in [0.5, 0.6) is 0 Å². The summed E-state index contributed by atoms with van der Waals surface area (Å²) in [5.74, 6) is -1.18. The Hall–Kier alpha value is -1.61. The lowest BCUT2D eigenvalue weighted by Crippen LogP contribution is -2.05. The zero-order valence-electron chi connectivity index (χ0n) is 7.94. The van der Waals surface area contributed by atoms with Gasteiger partial charge in [-0.05, 0) is 11.6 Å². The highest BCUT2D eigenvalue weighted by atomic mass is 32.1. The predicted octanol–water partition coefficient (Wildman–Crippen LogP) is 2.41. The third-order valence-electron chi connectivity index (χ3n) is 1.98. The monoisotopic (exact) mass is 243 g/mol. The zero-order chi connectivity index (χ0) is 12.3. The van der Waals surface area contributed by atoms with Crippen LogP contribution in [0, 0.1) is 11.3 Å². The summed E-state index contributed by atoms with van der Waals surface area (Å²) in [4.78, 5) is 10.5. The molecule has 0 amide bonds. The number of nitrogens with zero attached hydrogens (tertiary/aromatic N) is 1. The summed E-state index contributed by atoms with van der Waals surface area (Å²) in [5, 5.41) is 17.3. The smallest absolute Gasteiger partial charge is 0.307 e. The maximum atomic E-state index is 12.6. The first-order chi connectivity index (χ1) is 7.47. The number of benzene rings is 1. The number of alkyl halides is 2. The van der Waals surface area contributed by atoms with E-state index in [4.69, 9.17) is 10.4 Å². The first-order valence-corrected chi connectivity index (χ1v) is 4.67. The van der Waals surface area contributed by atoms with Gasteiger partial charge in [-0.1, -0.05) is 6.07 Å². The number of hydrogen-bond acceptors (Lipinski definition) is 3. The van der Waals surface area contributed by atoms with Crippen LogP contribution >= 0.6 is 12.6 Å². The highest BCUT2D eigenvalue weighted by molar-refractivity contribution is 7.80. The second-order valence-electron chi connectivity index (χ2n) is 3.02. The maximum absolute atomic E-state index is 12.6. The highest BCUT2D eigenvalue weighted by Gasteiger charge is 2.20. The molecule has 0 atom stereocenters. The molecule has 6 heteroatoms. The number of carboxylic acid groups (broad SMARTS) is 1. The van der Waals surface area contributed by atoms with E-state index >= 15 is 0 Å². The lowest BCUT2D eigenvalue weighted by Gasteiger charge is -2.09. The SMILES string of the molecule is N#Cc1c(CC(=O)O)ccc(S)c1C(F)F. The molecule has 1 rings (SSSR count). The molecule has 0 fully saturated rings. The summed E-state index contributed by atoms with van der Waals surface area (Å²) < 4.78 is 25.3. The van der Waals surface area contributed by atoms with Crippen LogP contribution in [0.1, 0.15) is 23.1 Å². The predicted molar refractivity (Wildman–Crippen MR) is 54.7 cm³/mol. The first kappa shape index (κ1) is 12.5. The number of halogens is 2. The second-order valence-corrected chi connectivity index (χ2v) is 3.50. The molecular weight excluding hydrogens is 236 g/mol. The molecule has 0 aromatic heterocycles. The van der Waals surface area contributed by atoms with Gasteiger partial charge in [0.15, 0.2) is 0 Å². The Labute approximate surface area is 95.7 Å². The molecule has 0 aliphatic heterocycles. The fraction of sp³-hybridized carbons (Fsp3) is 0.200. The Kier molecular flexibility index (Phi) is 3.85. The third kappa shape index (κ3) is 2.49. The average Bonchev–Trinajstić information content (AvgIpc) is 2.18. The van der Waals surface area contributed by atoms with Crippen molar-refractivity contribution in [1.29, 1.82) is 5.26 Å². The Balaban J connectivity index is 3.38. The summed E-state index contributed by atoms with van der Waals surface area (Å²) in [6, 6.07) is 4.19. The molecule has 0 radical (unpaired) electrons. The van der Waals surface area contributed by atoms with Gasteiger partial charge in [0, 0.05) is 10.5 Å². The van der Waals surface area contributed by atoms with E-state index in [1.165, 1.54) is 12.1 Å². The summed E-state index contributed by atoms with van der Waals surface area (Å²) in [6.07, 6.45) is -3.31. The Bertz CT molecular complexity index is 469. The van der Waals surface area contributed by atoms with Crippen molar-refractivity contribution in [2.45, 2.75) is 17.7 Å². The quantitative estimate of drug-likeness (QED) is 0.801. The van der Waals surface area contributed by atoms with Gasteiger partial charge in [0.05, 0.1) is 18.1 Å². The molecule has 0 saturated heterocycles. The van der Waals surface area contributed by atoms with Crippen molar-refractivity contribution >= 4 is 18.6 Å². The maximum Gasteiger partial charge on any atom is 0.307 e. The van der Waals surface area contributed by atoms with E-state index in [1.54, 1.807) is 6.07 Å². The van der Waals surface area contributed by atoms with Crippen LogP contribution in [0.3, 0.4) is 0 Å². The molecular formula is C10H7F2NO2S. The van der Waals surface area contributed by atoms with Crippen molar-refractivity contribution in [2.24, 2.45) is 0 Å². The van der Waals surface area contributed by atoms with Crippen molar-refractivity contribution < 1.29 is 18.7 Å². The largest absolute Gasteiger partial charge is 0.481 e. The van der Waals surface area contributed by atoms with Crippen molar-refractivity contribution in [3.8, 4) is 6.07 Å². The molecule has 0 unspecified atom stereocenters. The summed E-state index contributed by atoms with van der Waals surface area (Å²) in [5.41, 5.74) is -0.738. The molecule has 1 aromatic carbocycles. The summed E-state index contributed by atoms with van der Waals surface area (Å²) in [7, 11) is 0. The average molecular weight is 243 g/mol. The van der Waals surface area contributed by atoms with Crippen LogP contribution in [0.4, 0.5) is 8.78 Å². The molecule has 16 heavy (non-hydrogen) atoms. The molecule has 0 bridgehead atoms. The van der Waals surface area contributed by atoms with Gasteiger partial charge >= 0.3 is 5.97 Å². The van der Waals surface area contributed by atoms with Crippen LogP contribution in [0.15, 0.2) is 17.0 Å². The molecule has 0 heterocycles. The number of hydrogen-bond donors (Lipinski definition) is 2. The van der Waals surface area contributed by atoms with Gasteiger partial charge in [0.1, 0.15) is 0 Å². The molecule has 1 aromatic rings. The standard InChI is InChI=1S/C10H7F2NO2S/c11-10(12)9-6(4-13)5(3-8(14)15)1-2-7(9)16/h1-2,10,16H,3H2,(H,14,15). The minimum Gasteiger partial charge on any atom is -0.481 e. The number of rotatable bonds is 3. The van der Waals surface area contributed by atoms with Crippen LogP contribution < -0.4 is 0 Å². The Morgan fingerprint density at radius 1 is 1.56 bits per heavy atom. The van der Waals surface area contributed by atoms with Crippen molar-refractivity contribution in [3.05, 3.63) is 28.8 Å². The van der Waals surface area contributed by atoms with Crippen LogP contribution in [0.2, 0.25) is 0 Å². The van der Waals surface area contributed by atoms with Gasteiger partial charge in [-0.2, -0.15) is 5.26 Å². The first-order valence-electron chi connectivity index (χ1n) is 4.22. The zero-order valence-corrected chi connectivity index (χ0v) is 8.84. The minimum atomic E-state index is -2.85. The van der Waals surface area contributed by atoms with E-state index in [1.807, 2.05) is 0 Å². The Morgan fingerprint density at radius 2 is 2.19 bits per heavy atom. The van der Waals surface area contributed by atoms with Gasteiger partial charge < -0.3 is 5.11 Å². The minimum absolute atomic E-state index is 0.0133. The van der Waals surface area contributed by atoms with E-state index in [0.29, 0.717) is 0 Å². The fourth-order valence-electron chi connectivity index (χ4n) is 1.32. The fourth-order valence-corrected chi connectivity index (χ4v) is 1.60. The van der Waals surface area contributed by atoms with E-state index in [-0.39, 0.29) is 16.0 Å². The van der Waals surface area contributed by atoms with Gasteiger partial charge in [-0.15, -0.1) is 12.6 Å². The van der Waals surface area contributed by atoms with Gasteiger partial charge in [-0.3, -0.25) is 4.79 Å². The van der Waals surface area contributed by atoms with Crippen LogP contribution in [0.25, 0.3) is 0 Å². The van der Waals surface area contributed by atoms with E-state index < -0.39 is 24.4 Å². The van der Waals surface area contributed by atoms with Gasteiger partial charge in [-0.25, -0.2) is 8.78 Å². The molecule has 0 saturated carbocycles. The van der Waals surface area contributed by atoms with Crippen LogP contribution in [-0.4, -0.2) is 11.1 Å². The van der Waals surface area contributed by atoms with Crippen LogP contribution in [-0.2, 0) is 11.2 Å². The molecule has 0 spiro atoms. The van der Waals surface area contributed by atoms with Crippen molar-refractivity contribution in [1.82, 2.24) is 0 Å². The number of carbonyl (C=O) groups is 1. The summed E-state index contributed by atoms with van der Waals surface area (Å²) in [6.45, 7) is 0. The van der Waals surface area contributed by atoms with Crippen molar-refractivity contribution in [2.75, 3.05) is 0 Å². The second kappa shape index (κ2) is 4.94. The molecule has 3 nitrogen and oxygen atoms in total. The molecule has 0 aliphatic rings. The molecule has 0 aliphatic carbocycles. The number of carboxylic acids is 1. The number of nitriles is 1. The number of aliphatic carboxylic acids is 1.